The smallest absolute Gasteiger partial charge is 0.271 e. The molecule has 0 aliphatic carbocycles. The molecule has 0 spiro atoms. The number of sulfone groups is 1. The lowest BCUT2D eigenvalue weighted by Crippen LogP contribution is -2.42. The number of carbonyl (C=O) groups excluding carboxylic acids is 2. The van der Waals surface area contributed by atoms with Gasteiger partial charge in [0.05, 0.1) is 17.5 Å². The van der Waals surface area contributed by atoms with Crippen LogP contribution in [0.3, 0.4) is 0 Å². The molecule has 1 aromatic carbocycles. The van der Waals surface area contributed by atoms with Gasteiger partial charge in [0.1, 0.15) is 5.71 Å². The summed E-state index contributed by atoms with van der Waals surface area (Å²) < 4.78 is 23.2. The van der Waals surface area contributed by atoms with E-state index in [1.807, 2.05) is 25.1 Å². The molecule has 0 radical (unpaired) electrons. The number of hydrazone groups is 1. The summed E-state index contributed by atoms with van der Waals surface area (Å²) in [6, 6.07) is 6.92. The van der Waals surface area contributed by atoms with Gasteiger partial charge in [-0.2, -0.15) is 5.10 Å². The average molecular weight is 349 g/mol. The zero-order valence-electron chi connectivity index (χ0n) is 13.4. The minimum Gasteiger partial charge on any atom is -0.321 e. The van der Waals surface area contributed by atoms with E-state index in [1.165, 1.54) is 5.01 Å². The van der Waals surface area contributed by atoms with E-state index in [1.54, 1.807) is 6.07 Å². The lowest BCUT2D eigenvalue weighted by Gasteiger charge is -2.27. The second kappa shape index (κ2) is 6.35. The topological polar surface area (TPSA) is 95.9 Å². The maximum atomic E-state index is 12.4. The standard InChI is InChI=1S/C16H19N3O4S/c1-11-4-2-3-5-13(11)17-16(21)14-6-7-15(20)19(18-14)12-8-9-24(22,23)10-12/h2-5,12H,6-10H2,1H3,(H,17,21)/t12-/m1/s1. The number of benzene rings is 1. The van der Waals surface area contributed by atoms with E-state index >= 15 is 0 Å². The highest BCUT2D eigenvalue weighted by molar-refractivity contribution is 7.91. The number of nitrogens with one attached hydrogen (secondary N) is 1. The van der Waals surface area contributed by atoms with Gasteiger partial charge in [0.2, 0.25) is 5.91 Å². The minimum atomic E-state index is -3.12. The third kappa shape index (κ3) is 3.48. The fourth-order valence-electron chi connectivity index (χ4n) is 2.90. The molecular weight excluding hydrogens is 330 g/mol. The second-order valence-corrected chi connectivity index (χ2v) is 8.34. The van der Waals surface area contributed by atoms with E-state index in [0.717, 1.165) is 5.56 Å². The van der Waals surface area contributed by atoms with Crippen LogP contribution in [0.1, 0.15) is 24.8 Å². The molecule has 1 aromatic rings. The zero-order chi connectivity index (χ0) is 17.3. The molecule has 128 valence electrons. The van der Waals surface area contributed by atoms with Gasteiger partial charge in [-0.1, -0.05) is 18.2 Å². The van der Waals surface area contributed by atoms with Crippen molar-refractivity contribution in [2.24, 2.45) is 5.10 Å². The van der Waals surface area contributed by atoms with Gasteiger partial charge in [0.25, 0.3) is 5.91 Å². The molecule has 1 fully saturated rings. The Morgan fingerprint density at radius 2 is 2.04 bits per heavy atom. The Hall–Kier alpha value is -2.22. The van der Waals surface area contributed by atoms with Gasteiger partial charge in [-0.25, -0.2) is 13.4 Å². The fraction of sp³-hybridized carbons (Fsp3) is 0.438. The summed E-state index contributed by atoms with van der Waals surface area (Å²) in [5.74, 6) is -0.622. The molecule has 0 unspecified atom stereocenters. The Morgan fingerprint density at radius 1 is 1.29 bits per heavy atom. The van der Waals surface area contributed by atoms with E-state index in [9.17, 15) is 18.0 Å². The first kappa shape index (κ1) is 16.6. The average Bonchev–Trinajstić information content (AvgIpc) is 2.90. The zero-order valence-corrected chi connectivity index (χ0v) is 14.2. The van der Waals surface area contributed by atoms with Crippen LogP contribution in [0.4, 0.5) is 5.69 Å². The van der Waals surface area contributed by atoms with Crippen LogP contribution in [0.5, 0.6) is 0 Å². The largest absolute Gasteiger partial charge is 0.321 e. The molecule has 1 saturated heterocycles. The molecule has 1 atom stereocenters. The van der Waals surface area contributed by atoms with Crippen molar-refractivity contribution < 1.29 is 18.0 Å². The quantitative estimate of drug-likeness (QED) is 0.884. The molecule has 2 aliphatic rings. The Morgan fingerprint density at radius 3 is 2.71 bits per heavy atom. The number of hydrogen-bond acceptors (Lipinski definition) is 5. The first-order chi connectivity index (χ1) is 11.4. The molecule has 1 N–H and O–H groups in total. The third-order valence-electron chi connectivity index (χ3n) is 4.27. The van der Waals surface area contributed by atoms with Crippen molar-refractivity contribution in [3.05, 3.63) is 29.8 Å². The van der Waals surface area contributed by atoms with Crippen LogP contribution in [0.25, 0.3) is 0 Å². The summed E-state index contributed by atoms with van der Waals surface area (Å²) in [5.41, 5.74) is 1.87. The van der Waals surface area contributed by atoms with Gasteiger partial charge in [-0.3, -0.25) is 9.59 Å². The van der Waals surface area contributed by atoms with Crippen LogP contribution in [-0.2, 0) is 19.4 Å². The molecule has 3 rings (SSSR count). The van der Waals surface area contributed by atoms with Crippen molar-refractivity contribution in [1.82, 2.24) is 5.01 Å². The van der Waals surface area contributed by atoms with Crippen LogP contribution in [0, 0.1) is 6.92 Å². The Labute approximate surface area is 140 Å². The normalized spacial score (nSPS) is 23.0. The summed E-state index contributed by atoms with van der Waals surface area (Å²) in [6.07, 6.45) is 0.785. The van der Waals surface area contributed by atoms with E-state index in [0.29, 0.717) is 12.1 Å². The summed E-state index contributed by atoms with van der Waals surface area (Å²) in [6.45, 7) is 1.89. The van der Waals surface area contributed by atoms with Crippen LogP contribution in [0.15, 0.2) is 29.4 Å². The highest BCUT2D eigenvalue weighted by Gasteiger charge is 2.37. The van der Waals surface area contributed by atoms with Crippen LogP contribution in [0.2, 0.25) is 0 Å². The van der Waals surface area contributed by atoms with Gasteiger partial charge in [0, 0.05) is 18.5 Å². The first-order valence-corrected chi connectivity index (χ1v) is 9.65. The lowest BCUT2D eigenvalue weighted by molar-refractivity contribution is -0.133. The van der Waals surface area contributed by atoms with Crippen molar-refractivity contribution in [2.75, 3.05) is 16.8 Å². The molecular formula is C16H19N3O4S. The van der Waals surface area contributed by atoms with E-state index in [-0.39, 0.29) is 41.9 Å². The lowest BCUT2D eigenvalue weighted by atomic mass is 10.1. The highest BCUT2D eigenvalue weighted by Crippen LogP contribution is 2.22. The van der Waals surface area contributed by atoms with Crippen molar-refractivity contribution >= 4 is 33.1 Å². The number of carbonyl (C=O) groups is 2. The Balaban J connectivity index is 1.78. The third-order valence-corrected chi connectivity index (χ3v) is 6.02. The van der Waals surface area contributed by atoms with Gasteiger partial charge >= 0.3 is 0 Å². The van der Waals surface area contributed by atoms with Crippen molar-refractivity contribution in [2.45, 2.75) is 32.2 Å². The molecule has 0 saturated carbocycles. The van der Waals surface area contributed by atoms with E-state index in [4.69, 9.17) is 0 Å². The molecule has 24 heavy (non-hydrogen) atoms. The summed E-state index contributed by atoms with van der Waals surface area (Å²) in [5, 5.41) is 8.15. The number of aryl methyl sites for hydroxylation is 1. The minimum absolute atomic E-state index is 0.0572. The van der Waals surface area contributed by atoms with Gasteiger partial charge < -0.3 is 5.32 Å². The molecule has 0 bridgehead atoms. The van der Waals surface area contributed by atoms with Crippen molar-refractivity contribution in [3.63, 3.8) is 0 Å². The maximum Gasteiger partial charge on any atom is 0.271 e. The number of hydrogen-bond donors (Lipinski definition) is 1. The van der Waals surface area contributed by atoms with Crippen LogP contribution >= 0.6 is 0 Å². The molecule has 8 heteroatoms. The molecule has 7 nitrogen and oxygen atoms in total. The van der Waals surface area contributed by atoms with E-state index in [2.05, 4.69) is 10.4 Å². The number of para-hydroxylation sites is 1. The van der Waals surface area contributed by atoms with Crippen molar-refractivity contribution in [3.8, 4) is 0 Å². The monoisotopic (exact) mass is 349 g/mol. The number of amides is 2. The first-order valence-electron chi connectivity index (χ1n) is 7.83. The predicted molar refractivity (Wildman–Crippen MR) is 90.4 cm³/mol. The summed E-state index contributed by atoms with van der Waals surface area (Å²) in [7, 11) is -3.12. The summed E-state index contributed by atoms with van der Waals surface area (Å²) in [4.78, 5) is 24.5. The maximum absolute atomic E-state index is 12.4. The second-order valence-electron chi connectivity index (χ2n) is 6.11. The molecule has 0 aromatic heterocycles. The Bertz CT molecular complexity index is 816. The van der Waals surface area contributed by atoms with E-state index < -0.39 is 15.9 Å². The molecule has 2 heterocycles. The highest BCUT2D eigenvalue weighted by atomic mass is 32.2. The fourth-order valence-corrected chi connectivity index (χ4v) is 4.59. The number of anilines is 1. The van der Waals surface area contributed by atoms with Gasteiger partial charge in [-0.05, 0) is 25.0 Å². The predicted octanol–water partition coefficient (Wildman–Crippen LogP) is 1.10. The van der Waals surface area contributed by atoms with Crippen molar-refractivity contribution in [1.29, 1.82) is 0 Å². The summed E-state index contributed by atoms with van der Waals surface area (Å²) >= 11 is 0. The van der Waals surface area contributed by atoms with Crippen LogP contribution < -0.4 is 5.32 Å². The molecule has 2 amide bonds. The SMILES string of the molecule is Cc1ccccc1NC(=O)C1=NN([C@@H]2CCS(=O)(=O)C2)C(=O)CC1. The number of rotatable bonds is 3. The molecule has 2 aliphatic heterocycles. The van der Waals surface area contributed by atoms with Gasteiger partial charge in [0.15, 0.2) is 9.84 Å². The van der Waals surface area contributed by atoms with Crippen LogP contribution in [-0.4, -0.2) is 48.5 Å². The number of nitrogens with zero attached hydrogens (tertiary/aromatic N) is 2. The Kier molecular flexibility index (Phi) is 4.40. The van der Waals surface area contributed by atoms with Gasteiger partial charge in [-0.15, -0.1) is 0 Å².